The fourth-order valence-corrected chi connectivity index (χ4v) is 0. The first-order valence-electron chi connectivity index (χ1n) is 0.655. The molecular weight excluding hydrogens is 400 g/mol. The Morgan fingerprint density at radius 1 is 1.00 bits per heavy atom. The van der Waals surface area contributed by atoms with E-state index in [2.05, 4.69) is 47.3 Å². The van der Waals surface area contributed by atoms with Crippen molar-refractivity contribution in [3.05, 3.63) is 0 Å². The van der Waals surface area contributed by atoms with E-state index in [1.165, 1.54) is 0 Å². The van der Waals surface area contributed by atoms with E-state index in [4.69, 9.17) is 0 Å². The second-order valence-electron chi connectivity index (χ2n) is 0.247. The predicted molar refractivity (Wildman–Crippen MR) is 32.5 cm³/mol. The summed E-state index contributed by atoms with van der Waals surface area (Å²) in [6, 6.07) is 0. The number of rotatable bonds is 0. The van der Waals surface area contributed by atoms with Crippen LogP contribution in [0, 0.1) is 0 Å². The average molecular weight is 400 g/mol. The van der Waals surface area contributed by atoms with E-state index < -0.39 is 0 Å². The molecule has 0 amide bonds. The average Bonchev–Trinajstić information content (AvgIpc) is 0.811. The summed E-state index contributed by atoms with van der Waals surface area (Å²) in [6.07, 6.45) is 0. The van der Waals surface area contributed by atoms with E-state index in [1.54, 1.807) is 0 Å². The summed E-state index contributed by atoms with van der Waals surface area (Å²) in [5, 5.41) is 0. The Morgan fingerprint density at radius 3 is 1.00 bits per heavy atom. The molecule has 0 saturated carbocycles. The molecule has 0 radical (unpaired) electrons. The van der Waals surface area contributed by atoms with E-state index in [1.807, 2.05) is 0 Å². The number of hydrogen-bond acceptors (Lipinski definition) is 0. The van der Waals surface area contributed by atoms with Gasteiger partial charge in [0, 0.05) is 0 Å². The first-order valence-corrected chi connectivity index (χ1v) is 3.40. The van der Waals surface area contributed by atoms with Crippen LogP contribution < -0.4 is 53.5 Å². The molecule has 0 aliphatic rings. The van der Waals surface area contributed by atoms with Gasteiger partial charge in [-0.1, -0.05) is 0 Å². The van der Waals surface area contributed by atoms with Gasteiger partial charge in [-0.15, -0.1) is 47.3 Å². The van der Waals surface area contributed by atoms with Gasteiger partial charge >= 0.3 is 32.7 Å². The van der Waals surface area contributed by atoms with Crippen molar-refractivity contribution < 1.29 is 53.5 Å². The summed E-state index contributed by atoms with van der Waals surface area (Å²) < 4.78 is 0.271. The minimum absolute atomic E-state index is 0. The maximum Gasteiger partial charge on any atom is 1.00 e. The van der Waals surface area contributed by atoms with Gasteiger partial charge in [0.15, 0.2) is 0 Å². The van der Waals surface area contributed by atoms with Crippen molar-refractivity contribution in [2.75, 3.05) is 0 Å². The molecule has 0 atom stereocenters. The van der Waals surface area contributed by atoms with Gasteiger partial charge in [-0.25, -0.2) is 0 Å². The monoisotopic (exact) mass is 398 g/mol. The van der Waals surface area contributed by atoms with Crippen molar-refractivity contribution in [2.45, 2.75) is 0 Å². The Morgan fingerprint density at radius 2 is 1.00 bits per heavy atom. The second kappa shape index (κ2) is 11.1. The zero-order valence-electron chi connectivity index (χ0n) is 3.09. The zero-order valence-corrected chi connectivity index (χ0v) is 12.0. The van der Waals surface area contributed by atoms with E-state index in [-0.39, 0.29) is 56.7 Å². The van der Waals surface area contributed by atoms with E-state index >= 15 is 0 Å². The second-order valence-corrected chi connectivity index (χ2v) is 6.68. The molecule has 0 unspecified atom stereocenters. The van der Waals surface area contributed by atoms with Crippen LogP contribution in [-0.4, -0.2) is 3.18 Å². The van der Waals surface area contributed by atoms with Crippen LogP contribution in [0.25, 0.3) is 0 Å². The van der Waals surface area contributed by atoms with Crippen LogP contribution in [0.15, 0.2) is 0 Å². The Balaban J connectivity index is -0.0000000450. The molecule has 0 fully saturated rings. The van der Waals surface area contributed by atoms with E-state index in [0.717, 1.165) is 0 Å². The largest absolute Gasteiger partial charge is 1.00 e. The van der Waals surface area contributed by atoms with Gasteiger partial charge in [0.25, 0.3) is 0 Å². The van der Waals surface area contributed by atoms with Crippen molar-refractivity contribution in [2.24, 2.45) is 0 Å². The molecule has 0 bridgehead atoms. The summed E-state index contributed by atoms with van der Waals surface area (Å²) in [5.41, 5.74) is 0. The normalized spacial score (nSPS) is 4.50. The zero-order chi connectivity index (χ0) is 3.58. The standard InChI is InChI=1S/BBr3.HI.Na/c2-1(3)4;;/h;1H;/q;;+1/p-1. The molecule has 0 saturated heterocycles. The third-order valence-corrected chi connectivity index (χ3v) is 0. The molecular formula is BBr3INa. The molecule has 6 heteroatoms. The quantitative estimate of drug-likeness (QED) is 0.289. The minimum Gasteiger partial charge on any atom is -1.00 e. The molecule has 0 N–H and O–H groups in total. The van der Waals surface area contributed by atoms with Gasteiger partial charge in [0.2, 0.25) is 0 Å². The summed E-state index contributed by atoms with van der Waals surface area (Å²) >= 11 is 9.31. The third kappa shape index (κ3) is 26.9. The van der Waals surface area contributed by atoms with Crippen molar-refractivity contribution in [3.63, 3.8) is 0 Å². The van der Waals surface area contributed by atoms with Gasteiger partial charge in [0.1, 0.15) is 0 Å². The van der Waals surface area contributed by atoms with E-state index in [9.17, 15) is 0 Å². The fraction of sp³-hybridized carbons (Fsp3) is 0. The molecule has 0 heterocycles. The topological polar surface area (TPSA) is 0 Å². The first-order chi connectivity index (χ1) is 1.73. The van der Waals surface area contributed by atoms with Crippen molar-refractivity contribution in [1.82, 2.24) is 0 Å². The molecule has 0 aromatic heterocycles. The van der Waals surface area contributed by atoms with Crippen LogP contribution in [0.4, 0.5) is 0 Å². The maximum absolute atomic E-state index is 3.10. The molecule has 0 aromatic carbocycles. The molecule has 0 aromatic rings. The van der Waals surface area contributed by atoms with Gasteiger partial charge in [-0.3, -0.25) is 0 Å². The van der Waals surface area contributed by atoms with Crippen LogP contribution in [0.5, 0.6) is 0 Å². The fourth-order valence-electron chi connectivity index (χ4n) is 0. The summed E-state index contributed by atoms with van der Waals surface area (Å²) in [6.45, 7) is 0. The summed E-state index contributed by atoms with van der Waals surface area (Å²) in [4.78, 5) is 0. The summed E-state index contributed by atoms with van der Waals surface area (Å²) in [7, 11) is 0. The van der Waals surface area contributed by atoms with Gasteiger partial charge in [-0.2, -0.15) is 0 Å². The Hall–Kier alpha value is 3.23. The van der Waals surface area contributed by atoms with Gasteiger partial charge < -0.3 is 24.0 Å². The molecule has 6 heavy (non-hydrogen) atoms. The van der Waals surface area contributed by atoms with Crippen LogP contribution >= 0.6 is 47.3 Å². The molecule has 0 rings (SSSR count). The maximum atomic E-state index is 3.10. The van der Waals surface area contributed by atoms with Crippen LogP contribution in [0.2, 0.25) is 0 Å². The molecule has 0 spiro atoms. The van der Waals surface area contributed by atoms with Crippen LogP contribution in [0.1, 0.15) is 0 Å². The van der Waals surface area contributed by atoms with Crippen molar-refractivity contribution >= 4 is 50.5 Å². The Labute approximate surface area is 102 Å². The summed E-state index contributed by atoms with van der Waals surface area (Å²) in [5.74, 6) is 0. The molecule has 0 aliphatic carbocycles. The predicted octanol–water partition coefficient (Wildman–Crippen LogP) is -3.84. The number of halogens is 4. The van der Waals surface area contributed by atoms with Gasteiger partial charge in [0.05, 0.1) is 0 Å². The number of hydrogen-bond donors (Lipinski definition) is 0. The smallest absolute Gasteiger partial charge is 1.00 e. The Kier molecular flexibility index (Phi) is 29.8. The SMILES string of the molecule is BrB(Br)Br.[I-].[Na+]. The first kappa shape index (κ1) is 16.1. The van der Waals surface area contributed by atoms with Gasteiger partial charge in [-0.05, 0) is 0 Å². The Bertz CT molecular complexity index is 15.5. The molecule has 0 aliphatic heterocycles. The molecule has 32 valence electrons. The minimum atomic E-state index is 0. The van der Waals surface area contributed by atoms with Crippen molar-refractivity contribution in [3.8, 4) is 0 Å². The van der Waals surface area contributed by atoms with Crippen molar-refractivity contribution in [1.29, 1.82) is 0 Å². The van der Waals surface area contributed by atoms with Crippen LogP contribution in [0.3, 0.4) is 0 Å². The third-order valence-electron chi connectivity index (χ3n) is 0. The van der Waals surface area contributed by atoms with Crippen LogP contribution in [-0.2, 0) is 0 Å². The molecule has 0 nitrogen and oxygen atoms in total. The van der Waals surface area contributed by atoms with E-state index in [0.29, 0.717) is 0 Å².